The van der Waals surface area contributed by atoms with Crippen LogP contribution in [0.4, 0.5) is 4.79 Å². The van der Waals surface area contributed by atoms with Crippen LogP contribution in [0.1, 0.15) is 32.6 Å². The summed E-state index contributed by atoms with van der Waals surface area (Å²) in [5.74, 6) is -0.407. The molecule has 0 bridgehead atoms. The highest BCUT2D eigenvalue weighted by molar-refractivity contribution is 5.86. The molecule has 1 rings (SSSR count). The largest absolute Gasteiger partial charge is 0.480 e. The number of carboxylic acid groups (broad SMARTS) is 1. The Bertz CT molecular complexity index is 333. The number of aliphatic carboxylic acids is 1. The summed E-state index contributed by atoms with van der Waals surface area (Å²) in [6, 6.07) is -0.355. The minimum Gasteiger partial charge on any atom is -0.480 e. The Hall–Kier alpha value is -1.52. The fraction of sp³-hybridized carbons (Fsp3) is 0.692. The second-order valence-electron chi connectivity index (χ2n) is 5.17. The Morgan fingerprint density at radius 3 is 2.50 bits per heavy atom. The molecule has 0 aromatic rings. The smallest absolute Gasteiger partial charge is 0.329 e. The van der Waals surface area contributed by atoms with Gasteiger partial charge < -0.3 is 15.3 Å². The molecular formula is C13H22N2O3. The van der Waals surface area contributed by atoms with Crippen LogP contribution >= 0.6 is 0 Å². The zero-order valence-electron chi connectivity index (χ0n) is 11.1. The molecule has 102 valence electrons. The quantitative estimate of drug-likeness (QED) is 0.752. The van der Waals surface area contributed by atoms with Gasteiger partial charge in [0.25, 0.3) is 0 Å². The van der Waals surface area contributed by atoms with E-state index in [1.807, 2.05) is 0 Å². The van der Waals surface area contributed by atoms with Crippen molar-refractivity contribution < 1.29 is 14.7 Å². The highest BCUT2D eigenvalue weighted by Gasteiger charge is 2.42. The number of urea groups is 1. The van der Waals surface area contributed by atoms with Gasteiger partial charge in [-0.2, -0.15) is 0 Å². The zero-order valence-corrected chi connectivity index (χ0v) is 11.1. The first-order valence-corrected chi connectivity index (χ1v) is 6.29. The summed E-state index contributed by atoms with van der Waals surface area (Å²) >= 11 is 0. The normalized spacial score (nSPS) is 27.3. The van der Waals surface area contributed by atoms with Gasteiger partial charge in [0.15, 0.2) is 0 Å². The van der Waals surface area contributed by atoms with Gasteiger partial charge in [0.2, 0.25) is 0 Å². The molecular weight excluding hydrogens is 232 g/mol. The topological polar surface area (TPSA) is 69.6 Å². The molecule has 0 saturated heterocycles. The van der Waals surface area contributed by atoms with Crippen molar-refractivity contribution >= 4 is 12.0 Å². The molecule has 5 heteroatoms. The number of nitrogens with one attached hydrogen (secondary N) is 1. The maximum atomic E-state index is 11.9. The number of amides is 2. The average Bonchev–Trinajstić information content (AvgIpc) is 2.32. The van der Waals surface area contributed by atoms with Gasteiger partial charge in [-0.15, -0.1) is 6.58 Å². The Balaban J connectivity index is 2.72. The summed E-state index contributed by atoms with van der Waals surface area (Å²) < 4.78 is 0. The first kappa shape index (κ1) is 14.5. The number of carboxylic acids is 1. The molecule has 0 radical (unpaired) electrons. The molecule has 0 atom stereocenters. The van der Waals surface area contributed by atoms with E-state index in [-0.39, 0.29) is 6.03 Å². The third-order valence-corrected chi connectivity index (χ3v) is 3.63. The molecule has 18 heavy (non-hydrogen) atoms. The second kappa shape index (κ2) is 5.89. The van der Waals surface area contributed by atoms with Crippen molar-refractivity contribution in [2.75, 3.05) is 13.6 Å². The standard InChI is InChI=1S/C13H22N2O3/c1-4-9-15(3)12(18)14-13(11(16)17)7-5-10(2)6-8-13/h4,10H,1,5-9H2,2-3H3,(H,14,18)(H,16,17). The fourth-order valence-electron chi connectivity index (χ4n) is 2.22. The lowest BCUT2D eigenvalue weighted by Gasteiger charge is -2.37. The average molecular weight is 254 g/mol. The summed E-state index contributed by atoms with van der Waals surface area (Å²) in [6.07, 6.45) is 4.26. The predicted molar refractivity (Wildman–Crippen MR) is 69.4 cm³/mol. The number of nitrogens with zero attached hydrogens (tertiary/aromatic N) is 1. The lowest BCUT2D eigenvalue weighted by Crippen LogP contribution is -2.58. The van der Waals surface area contributed by atoms with Gasteiger partial charge in [-0.05, 0) is 31.6 Å². The van der Waals surface area contributed by atoms with Crippen LogP contribution in [0.2, 0.25) is 0 Å². The van der Waals surface area contributed by atoms with Crippen molar-refractivity contribution in [1.82, 2.24) is 10.2 Å². The van der Waals surface area contributed by atoms with Gasteiger partial charge in [-0.1, -0.05) is 13.0 Å². The lowest BCUT2D eigenvalue weighted by atomic mass is 9.77. The number of hydrogen-bond donors (Lipinski definition) is 2. The van der Waals surface area contributed by atoms with Crippen molar-refractivity contribution in [3.8, 4) is 0 Å². The van der Waals surface area contributed by atoms with Crippen LogP contribution in [-0.4, -0.2) is 41.1 Å². The molecule has 2 N–H and O–H groups in total. The minimum atomic E-state index is -1.10. The predicted octanol–water partition coefficient (Wildman–Crippen LogP) is 1.85. The van der Waals surface area contributed by atoms with Crippen LogP contribution in [0.25, 0.3) is 0 Å². The van der Waals surface area contributed by atoms with E-state index in [2.05, 4.69) is 18.8 Å². The van der Waals surface area contributed by atoms with Crippen molar-refractivity contribution in [1.29, 1.82) is 0 Å². The van der Waals surface area contributed by atoms with Crippen LogP contribution in [0.3, 0.4) is 0 Å². The fourth-order valence-corrected chi connectivity index (χ4v) is 2.22. The van der Waals surface area contributed by atoms with E-state index >= 15 is 0 Å². The van der Waals surface area contributed by atoms with Crippen LogP contribution in [-0.2, 0) is 4.79 Å². The summed E-state index contributed by atoms with van der Waals surface area (Å²) in [6.45, 7) is 6.06. The van der Waals surface area contributed by atoms with E-state index in [0.29, 0.717) is 25.3 Å². The summed E-state index contributed by atoms with van der Waals surface area (Å²) in [7, 11) is 1.62. The monoisotopic (exact) mass is 254 g/mol. The van der Waals surface area contributed by atoms with Gasteiger partial charge in [0, 0.05) is 13.6 Å². The Morgan fingerprint density at radius 2 is 2.06 bits per heavy atom. The maximum absolute atomic E-state index is 11.9. The summed E-state index contributed by atoms with van der Waals surface area (Å²) in [5.41, 5.74) is -1.10. The van der Waals surface area contributed by atoms with Crippen LogP contribution in [0, 0.1) is 5.92 Å². The molecule has 2 amide bonds. The Morgan fingerprint density at radius 1 is 1.50 bits per heavy atom. The van der Waals surface area contributed by atoms with Crippen LogP contribution in [0.5, 0.6) is 0 Å². The van der Waals surface area contributed by atoms with Gasteiger partial charge in [-0.3, -0.25) is 0 Å². The van der Waals surface area contributed by atoms with Crippen LogP contribution in [0.15, 0.2) is 12.7 Å². The van der Waals surface area contributed by atoms with E-state index in [0.717, 1.165) is 12.8 Å². The summed E-state index contributed by atoms with van der Waals surface area (Å²) in [4.78, 5) is 24.8. The van der Waals surface area contributed by atoms with Crippen molar-refractivity contribution in [2.24, 2.45) is 5.92 Å². The highest BCUT2D eigenvalue weighted by Crippen LogP contribution is 2.32. The summed E-state index contributed by atoms with van der Waals surface area (Å²) in [5, 5.41) is 12.1. The highest BCUT2D eigenvalue weighted by atomic mass is 16.4. The SMILES string of the molecule is C=CCN(C)C(=O)NC1(C(=O)O)CCC(C)CC1. The minimum absolute atomic E-state index is 0.355. The molecule has 1 fully saturated rings. The molecule has 0 aromatic heterocycles. The van der Waals surface area contributed by atoms with Crippen LogP contribution < -0.4 is 5.32 Å². The molecule has 1 aliphatic rings. The van der Waals surface area contributed by atoms with Gasteiger partial charge in [-0.25, -0.2) is 9.59 Å². The number of carbonyl (C=O) groups excluding carboxylic acids is 1. The Kier molecular flexibility index (Phi) is 4.76. The first-order valence-electron chi connectivity index (χ1n) is 6.29. The van der Waals surface area contributed by atoms with Crippen molar-refractivity contribution in [2.45, 2.75) is 38.1 Å². The van der Waals surface area contributed by atoms with Crippen molar-refractivity contribution in [3.05, 3.63) is 12.7 Å². The van der Waals surface area contributed by atoms with E-state index in [1.54, 1.807) is 13.1 Å². The number of carbonyl (C=O) groups is 2. The van der Waals surface area contributed by atoms with Gasteiger partial charge >= 0.3 is 12.0 Å². The maximum Gasteiger partial charge on any atom is 0.329 e. The number of likely N-dealkylation sites (N-methyl/N-ethyl adjacent to an activating group) is 1. The number of hydrogen-bond acceptors (Lipinski definition) is 2. The van der Waals surface area contributed by atoms with Crippen molar-refractivity contribution in [3.63, 3.8) is 0 Å². The zero-order chi connectivity index (χ0) is 13.8. The van der Waals surface area contributed by atoms with E-state index in [4.69, 9.17) is 0 Å². The lowest BCUT2D eigenvalue weighted by molar-refractivity contribution is -0.146. The second-order valence-corrected chi connectivity index (χ2v) is 5.17. The van der Waals surface area contributed by atoms with Gasteiger partial charge in [0.1, 0.15) is 5.54 Å². The van der Waals surface area contributed by atoms with E-state index in [9.17, 15) is 14.7 Å². The number of rotatable bonds is 4. The Labute approximate surface area is 108 Å². The third kappa shape index (κ3) is 3.24. The molecule has 0 aromatic carbocycles. The molecule has 0 spiro atoms. The van der Waals surface area contributed by atoms with E-state index in [1.165, 1.54) is 4.90 Å². The van der Waals surface area contributed by atoms with Gasteiger partial charge in [0.05, 0.1) is 0 Å². The molecule has 0 heterocycles. The molecule has 5 nitrogen and oxygen atoms in total. The van der Waals surface area contributed by atoms with E-state index < -0.39 is 11.5 Å². The molecule has 1 saturated carbocycles. The third-order valence-electron chi connectivity index (χ3n) is 3.63. The molecule has 0 aliphatic heterocycles. The first-order chi connectivity index (χ1) is 8.41. The molecule has 0 unspecified atom stereocenters. The molecule has 1 aliphatic carbocycles.